The van der Waals surface area contributed by atoms with Gasteiger partial charge < -0.3 is 24.8 Å². The van der Waals surface area contributed by atoms with Crippen LogP contribution in [0.3, 0.4) is 0 Å². The molecule has 0 spiro atoms. The molecule has 45 heavy (non-hydrogen) atoms. The first-order valence-electron chi connectivity index (χ1n) is 15.1. The molecule has 0 radical (unpaired) electrons. The maximum absolute atomic E-state index is 14.7. The van der Waals surface area contributed by atoms with Gasteiger partial charge in [0.15, 0.2) is 0 Å². The average molecular weight is 642 g/mol. The molecule has 13 heteroatoms. The number of aliphatic hydroxyl groups excluding tert-OH is 1. The van der Waals surface area contributed by atoms with E-state index in [2.05, 4.69) is 10.4 Å². The Hall–Kier alpha value is -3.81. The highest BCUT2D eigenvalue weighted by Gasteiger charge is 2.50. The lowest BCUT2D eigenvalue weighted by molar-refractivity contribution is -0.137. The molecule has 2 aliphatic rings. The molecule has 1 saturated carbocycles. The number of aliphatic hydroxyl groups is 1. The second-order valence-corrected chi connectivity index (χ2v) is 13.3. The van der Waals surface area contributed by atoms with Crippen LogP contribution in [-0.4, -0.2) is 75.1 Å². The molecule has 2 atom stereocenters. The van der Waals surface area contributed by atoms with Crippen LogP contribution in [0.15, 0.2) is 36.7 Å². The van der Waals surface area contributed by atoms with Gasteiger partial charge in [-0.05, 0) is 71.7 Å². The smallest absolute Gasteiger partial charge is 0.261 e. The van der Waals surface area contributed by atoms with Gasteiger partial charge >= 0.3 is 0 Å². The van der Waals surface area contributed by atoms with Crippen LogP contribution in [0, 0.1) is 12.7 Å². The molecule has 1 aromatic carbocycles. The number of thiophene rings is 1. The van der Waals surface area contributed by atoms with Crippen molar-refractivity contribution in [2.75, 3.05) is 18.6 Å². The Kier molecular flexibility index (Phi) is 9.33. The van der Waals surface area contributed by atoms with Crippen molar-refractivity contribution in [1.82, 2.24) is 20.0 Å². The maximum Gasteiger partial charge on any atom is 0.261 e. The number of fused-ring (bicyclic) bond motifs is 1. The number of amides is 2. The molecule has 1 fully saturated rings. The minimum Gasteiger partial charge on any atom is -0.496 e. The summed E-state index contributed by atoms with van der Waals surface area (Å²) >= 11 is 1.28. The van der Waals surface area contributed by atoms with Crippen LogP contribution in [0.25, 0.3) is 5.00 Å². The number of anilines is 1. The van der Waals surface area contributed by atoms with E-state index in [1.165, 1.54) is 41.5 Å². The zero-order valence-corrected chi connectivity index (χ0v) is 27.2. The van der Waals surface area contributed by atoms with Gasteiger partial charge in [0.2, 0.25) is 12.3 Å². The van der Waals surface area contributed by atoms with Gasteiger partial charge in [-0.15, -0.1) is 0 Å². The van der Waals surface area contributed by atoms with Crippen molar-refractivity contribution >= 4 is 33.9 Å². The van der Waals surface area contributed by atoms with Crippen molar-refractivity contribution in [2.24, 2.45) is 0 Å². The number of nitrogens with one attached hydrogen (secondary N) is 1. The van der Waals surface area contributed by atoms with Crippen LogP contribution in [0.5, 0.6) is 5.75 Å². The highest BCUT2D eigenvalue weighted by molar-refractivity contribution is 7.19. The van der Waals surface area contributed by atoms with Crippen molar-refractivity contribution in [1.29, 1.82) is 0 Å². The van der Waals surface area contributed by atoms with E-state index >= 15 is 0 Å². The summed E-state index contributed by atoms with van der Waals surface area (Å²) in [5.41, 5.74) is -0.0798. The number of carbonyl (C=O) groups is 3. The third-order valence-electron chi connectivity index (χ3n) is 8.34. The Morgan fingerprint density at radius 3 is 2.56 bits per heavy atom. The fourth-order valence-corrected chi connectivity index (χ4v) is 7.19. The zero-order valence-electron chi connectivity index (χ0n) is 26.4. The van der Waals surface area contributed by atoms with Crippen LogP contribution in [0.2, 0.25) is 0 Å². The third kappa shape index (κ3) is 6.34. The Balaban J connectivity index is 1.63. The molecule has 1 aliphatic carbocycles. The number of benzene rings is 1. The van der Waals surface area contributed by atoms with E-state index in [0.29, 0.717) is 58.1 Å². The van der Waals surface area contributed by atoms with Crippen molar-refractivity contribution in [3.05, 3.63) is 59.2 Å². The van der Waals surface area contributed by atoms with Crippen molar-refractivity contribution in [2.45, 2.75) is 90.4 Å². The molecule has 2 aromatic heterocycles. The normalized spacial score (nSPS) is 18.4. The molecule has 3 aromatic rings. The van der Waals surface area contributed by atoms with Gasteiger partial charge in [-0.25, -0.2) is 9.07 Å². The molecular formula is C32H40FN5O6S. The molecule has 2 amide bonds. The predicted octanol–water partition coefficient (Wildman–Crippen LogP) is 4.50. The molecular weight excluding hydrogens is 601 g/mol. The molecule has 11 nitrogen and oxygen atoms in total. The summed E-state index contributed by atoms with van der Waals surface area (Å²) in [5, 5.41) is 20.4. The van der Waals surface area contributed by atoms with E-state index in [4.69, 9.17) is 9.47 Å². The maximum atomic E-state index is 14.7. The standard InChI is InChI=1S/C32H40FN5O6S/c1-18(2)35-30(41)32(4,5)38-27(40)26-19(3)28(37-15-7-14-34-37)45-29(26)36(31(38)42)17-25(44-22-11-9-21(39)10-12-22)23-16-20(33)8-13-24(23)43-6/h7-8,13-16,18,22,25,31,42H,9-12,17H2,1-6H3,(H,35,41)/t25-,31?/m0/s1. The highest BCUT2D eigenvalue weighted by Crippen LogP contribution is 2.46. The average Bonchev–Trinajstić information content (AvgIpc) is 3.63. The number of Topliss-reactive ketones (excluding diaryl/α,β-unsaturated/α-hetero) is 1. The van der Waals surface area contributed by atoms with Crippen LogP contribution < -0.4 is 15.0 Å². The summed E-state index contributed by atoms with van der Waals surface area (Å²) in [5.74, 6) is -0.864. The number of rotatable bonds is 10. The lowest BCUT2D eigenvalue weighted by Gasteiger charge is -2.48. The van der Waals surface area contributed by atoms with E-state index in [1.54, 1.807) is 41.9 Å². The highest BCUT2D eigenvalue weighted by atomic mass is 32.1. The lowest BCUT2D eigenvalue weighted by atomic mass is 9.95. The number of ketones is 1. The number of hydrogen-bond donors (Lipinski definition) is 2. The monoisotopic (exact) mass is 641 g/mol. The van der Waals surface area contributed by atoms with Crippen molar-refractivity contribution in [3.63, 3.8) is 0 Å². The van der Waals surface area contributed by atoms with Gasteiger partial charge in [0.1, 0.15) is 39.0 Å². The van der Waals surface area contributed by atoms with Gasteiger partial charge in [0, 0.05) is 42.4 Å². The minimum atomic E-state index is -1.58. The molecule has 5 rings (SSSR count). The number of carbonyl (C=O) groups excluding carboxylic acids is 3. The van der Waals surface area contributed by atoms with Crippen LogP contribution in [-0.2, 0) is 14.3 Å². The first-order valence-corrected chi connectivity index (χ1v) is 15.9. The summed E-state index contributed by atoms with van der Waals surface area (Å²) in [6.45, 7) is 8.60. The quantitative estimate of drug-likeness (QED) is 0.332. The topological polar surface area (TPSA) is 126 Å². The lowest BCUT2D eigenvalue weighted by Crippen LogP contribution is -2.67. The van der Waals surface area contributed by atoms with E-state index in [-0.39, 0.29) is 24.5 Å². The Labute approximate surface area is 265 Å². The van der Waals surface area contributed by atoms with Gasteiger partial charge in [0.25, 0.3) is 5.91 Å². The fourth-order valence-electron chi connectivity index (χ4n) is 5.92. The van der Waals surface area contributed by atoms with Gasteiger partial charge in [0.05, 0.1) is 25.3 Å². The summed E-state index contributed by atoms with van der Waals surface area (Å²) < 4.78 is 28.6. The summed E-state index contributed by atoms with van der Waals surface area (Å²) in [6.07, 6.45) is 2.46. The molecule has 3 heterocycles. The SMILES string of the molecule is COc1ccc(F)cc1[C@H](CN1c2sc(-n3cccn3)c(C)c2C(=O)N(C(C)(C)C(=O)NC(C)C)C1O)OC1CCC(=O)CC1. The van der Waals surface area contributed by atoms with E-state index < -0.39 is 35.6 Å². The van der Waals surface area contributed by atoms with Crippen molar-refractivity contribution < 1.29 is 33.4 Å². The number of methoxy groups -OCH3 is 1. The first kappa shape index (κ1) is 32.6. The van der Waals surface area contributed by atoms with Crippen LogP contribution in [0.1, 0.15) is 81.0 Å². The van der Waals surface area contributed by atoms with Gasteiger partial charge in [-0.2, -0.15) is 5.10 Å². The zero-order chi connectivity index (χ0) is 32.6. The van der Waals surface area contributed by atoms with E-state index in [1.807, 2.05) is 20.8 Å². The molecule has 2 N–H and O–H groups in total. The molecule has 0 saturated heterocycles. The fraction of sp³-hybridized carbons (Fsp3) is 0.500. The number of hydrogen-bond acceptors (Lipinski definition) is 9. The number of ether oxygens (including phenoxy) is 2. The summed E-state index contributed by atoms with van der Waals surface area (Å²) in [4.78, 5) is 42.5. The van der Waals surface area contributed by atoms with Crippen molar-refractivity contribution in [3.8, 4) is 10.8 Å². The third-order valence-corrected chi connectivity index (χ3v) is 9.66. The minimum absolute atomic E-state index is 0.0252. The van der Waals surface area contributed by atoms with Crippen LogP contribution >= 0.6 is 11.3 Å². The van der Waals surface area contributed by atoms with Crippen LogP contribution in [0.4, 0.5) is 9.39 Å². The Morgan fingerprint density at radius 2 is 1.93 bits per heavy atom. The Bertz CT molecular complexity index is 1560. The molecule has 242 valence electrons. The van der Waals surface area contributed by atoms with Gasteiger partial charge in [-0.3, -0.25) is 19.3 Å². The molecule has 1 unspecified atom stereocenters. The molecule has 1 aliphatic heterocycles. The second kappa shape index (κ2) is 12.9. The second-order valence-electron chi connectivity index (χ2n) is 12.3. The number of aromatic nitrogens is 2. The Morgan fingerprint density at radius 1 is 1.22 bits per heavy atom. The first-order chi connectivity index (χ1) is 21.3. The van der Waals surface area contributed by atoms with E-state index in [0.717, 1.165) is 0 Å². The number of halogens is 1. The van der Waals surface area contributed by atoms with E-state index in [9.17, 15) is 23.9 Å². The molecule has 0 bridgehead atoms. The van der Waals surface area contributed by atoms with Gasteiger partial charge in [-0.1, -0.05) is 11.3 Å². The summed E-state index contributed by atoms with van der Waals surface area (Å²) in [6, 6.07) is 5.72. The number of nitrogens with zero attached hydrogens (tertiary/aromatic N) is 4. The summed E-state index contributed by atoms with van der Waals surface area (Å²) in [7, 11) is 1.48. The largest absolute Gasteiger partial charge is 0.496 e. The predicted molar refractivity (Wildman–Crippen MR) is 167 cm³/mol.